The van der Waals surface area contributed by atoms with Crippen molar-refractivity contribution in [3.63, 3.8) is 0 Å². The summed E-state index contributed by atoms with van der Waals surface area (Å²) in [5, 5.41) is 0.271. The zero-order valence-electron chi connectivity index (χ0n) is 27.0. The molecule has 244 valence electrons. The fourth-order valence-electron chi connectivity index (χ4n) is 4.87. The second-order valence-corrected chi connectivity index (χ2v) is 14.0. The molecule has 4 rings (SSSR count). The molecule has 0 saturated carbocycles. The van der Waals surface area contributed by atoms with Crippen LogP contribution >= 0.6 is 7.82 Å². The molecule has 45 heavy (non-hydrogen) atoms. The Bertz CT molecular complexity index is 1580. The van der Waals surface area contributed by atoms with Gasteiger partial charge in [0, 0.05) is 37.9 Å². The van der Waals surface area contributed by atoms with Gasteiger partial charge in [0.15, 0.2) is 0 Å². The van der Waals surface area contributed by atoms with E-state index in [0.717, 1.165) is 0 Å². The fourth-order valence-corrected chi connectivity index (χ4v) is 6.62. The molecule has 1 fully saturated rings. The average Bonchev–Trinajstić information content (AvgIpc) is 3.37. The standard InChI is InChI=1S/C31H41N4O9P/c1-30(2,3)43-45(39,44-31(4,5)6)42-20-35-19-22(24-23(40-7)18-32-27(41-8)25(24)35)26(36)29(38)34-16-14-33(15-17-34)28(37)21-12-10-9-11-13-21/h9-13,18-19H,14-17,20H2,1-8H3. The molecule has 14 heteroatoms. The predicted molar refractivity (Wildman–Crippen MR) is 166 cm³/mol. The Morgan fingerprint density at radius 2 is 1.44 bits per heavy atom. The molecule has 0 bridgehead atoms. The maximum atomic E-state index is 13.8. The second kappa shape index (κ2) is 13.3. The number of carbonyl (C=O) groups is 3. The van der Waals surface area contributed by atoms with E-state index in [9.17, 15) is 18.9 Å². The third kappa shape index (κ3) is 8.09. The van der Waals surface area contributed by atoms with Crippen LogP contribution in [0.1, 0.15) is 62.3 Å². The number of amides is 2. The van der Waals surface area contributed by atoms with E-state index in [1.165, 1.54) is 36.1 Å². The fraction of sp³-hybridized carbons (Fsp3) is 0.484. The molecule has 13 nitrogen and oxygen atoms in total. The maximum Gasteiger partial charge on any atom is 0.477 e. The zero-order chi connectivity index (χ0) is 33.2. The van der Waals surface area contributed by atoms with Crippen LogP contribution in [0.2, 0.25) is 0 Å². The van der Waals surface area contributed by atoms with Crippen molar-refractivity contribution < 1.29 is 42.0 Å². The van der Waals surface area contributed by atoms with Gasteiger partial charge in [-0.3, -0.25) is 28.0 Å². The minimum Gasteiger partial charge on any atom is -0.494 e. The Kier molecular flexibility index (Phi) is 10.1. The quantitative estimate of drug-likeness (QED) is 0.170. The van der Waals surface area contributed by atoms with Crippen molar-refractivity contribution in [2.45, 2.75) is 59.5 Å². The number of methoxy groups -OCH3 is 2. The first kappa shape index (κ1) is 34.1. The number of hydrogen-bond acceptors (Lipinski definition) is 10. The lowest BCUT2D eigenvalue weighted by atomic mass is 10.1. The van der Waals surface area contributed by atoms with Crippen LogP contribution in [0.3, 0.4) is 0 Å². The lowest BCUT2D eigenvalue weighted by molar-refractivity contribution is -0.127. The number of carbonyl (C=O) groups excluding carboxylic acids is 3. The van der Waals surface area contributed by atoms with Gasteiger partial charge in [0.2, 0.25) is 5.88 Å². The van der Waals surface area contributed by atoms with E-state index in [4.69, 9.17) is 23.0 Å². The van der Waals surface area contributed by atoms with Crippen LogP contribution < -0.4 is 9.47 Å². The highest BCUT2D eigenvalue weighted by molar-refractivity contribution is 7.48. The number of ketones is 1. The van der Waals surface area contributed by atoms with Gasteiger partial charge in [-0.15, -0.1) is 0 Å². The van der Waals surface area contributed by atoms with Crippen LogP contribution in [-0.4, -0.2) is 88.5 Å². The summed E-state index contributed by atoms with van der Waals surface area (Å²) in [4.78, 5) is 47.6. The molecule has 3 heterocycles. The molecule has 0 aliphatic carbocycles. The van der Waals surface area contributed by atoms with Crippen LogP contribution in [0.15, 0.2) is 42.7 Å². The number of nitrogens with zero attached hydrogens (tertiary/aromatic N) is 4. The van der Waals surface area contributed by atoms with Crippen molar-refractivity contribution in [3.05, 3.63) is 53.9 Å². The first-order valence-corrected chi connectivity index (χ1v) is 16.0. The van der Waals surface area contributed by atoms with Crippen molar-refractivity contribution in [2.24, 2.45) is 0 Å². The molecular formula is C31H41N4O9P. The zero-order valence-corrected chi connectivity index (χ0v) is 27.9. The van der Waals surface area contributed by atoms with Crippen molar-refractivity contribution in [3.8, 4) is 11.6 Å². The molecular weight excluding hydrogens is 603 g/mol. The summed E-state index contributed by atoms with van der Waals surface area (Å²) in [7, 11) is -1.32. The molecule has 0 spiro atoms. The van der Waals surface area contributed by atoms with E-state index in [0.29, 0.717) is 5.56 Å². The molecule has 3 aromatic rings. The third-order valence-corrected chi connectivity index (χ3v) is 8.65. The van der Waals surface area contributed by atoms with Gasteiger partial charge in [-0.05, 0) is 53.7 Å². The smallest absolute Gasteiger partial charge is 0.477 e. The van der Waals surface area contributed by atoms with Crippen LogP contribution in [-0.2, 0) is 29.7 Å². The van der Waals surface area contributed by atoms with E-state index in [1.807, 2.05) is 6.07 Å². The summed E-state index contributed by atoms with van der Waals surface area (Å²) in [6, 6.07) is 8.90. The van der Waals surface area contributed by atoms with Crippen LogP contribution in [0.5, 0.6) is 11.6 Å². The number of hydrogen-bond donors (Lipinski definition) is 0. The molecule has 1 aliphatic rings. The number of aromatic nitrogens is 2. The summed E-state index contributed by atoms with van der Waals surface area (Å²) >= 11 is 0. The number of rotatable bonds is 10. The molecule has 0 unspecified atom stereocenters. The molecule has 0 atom stereocenters. The first-order valence-electron chi connectivity index (χ1n) is 14.5. The molecule has 1 aliphatic heterocycles. The van der Waals surface area contributed by atoms with Gasteiger partial charge in [-0.25, -0.2) is 9.55 Å². The molecule has 0 radical (unpaired) electrons. The Morgan fingerprint density at radius 3 is 1.98 bits per heavy atom. The first-order chi connectivity index (χ1) is 21.1. The van der Waals surface area contributed by atoms with Crippen molar-refractivity contribution in [1.29, 1.82) is 0 Å². The largest absolute Gasteiger partial charge is 0.494 e. The summed E-state index contributed by atoms with van der Waals surface area (Å²) in [5.41, 5.74) is -0.883. The minimum absolute atomic E-state index is 0.0160. The van der Waals surface area contributed by atoms with Crippen molar-refractivity contribution >= 4 is 36.3 Å². The second-order valence-electron chi connectivity index (χ2n) is 12.5. The summed E-state index contributed by atoms with van der Waals surface area (Å²) in [5.74, 6) is -1.33. The number of benzene rings is 1. The predicted octanol–water partition coefficient (Wildman–Crippen LogP) is 4.93. The number of phosphoric acid groups is 1. The molecule has 2 amide bonds. The van der Waals surface area contributed by atoms with Gasteiger partial charge in [0.05, 0.1) is 42.6 Å². The average molecular weight is 645 g/mol. The van der Waals surface area contributed by atoms with Crippen LogP contribution in [0.25, 0.3) is 10.9 Å². The molecule has 1 aromatic carbocycles. The van der Waals surface area contributed by atoms with Crippen LogP contribution in [0.4, 0.5) is 0 Å². The number of ether oxygens (including phenoxy) is 2. The highest BCUT2D eigenvalue weighted by Crippen LogP contribution is 2.56. The molecule has 2 aromatic heterocycles. The van der Waals surface area contributed by atoms with Crippen molar-refractivity contribution in [2.75, 3.05) is 40.4 Å². The Labute approximate surface area is 262 Å². The topological polar surface area (TPSA) is 139 Å². The van der Waals surface area contributed by atoms with Gasteiger partial charge in [0.1, 0.15) is 18.0 Å². The number of Topliss-reactive ketones (excluding diaryl/α,β-unsaturated/α-hetero) is 1. The van der Waals surface area contributed by atoms with E-state index >= 15 is 0 Å². The molecule has 0 N–H and O–H groups in total. The normalized spacial score (nSPS) is 14.5. The van der Waals surface area contributed by atoms with Gasteiger partial charge in [0.25, 0.3) is 17.6 Å². The van der Waals surface area contributed by atoms with E-state index < -0.39 is 37.4 Å². The number of pyridine rings is 1. The highest BCUT2D eigenvalue weighted by Gasteiger charge is 2.38. The Hall–Kier alpha value is -3.77. The van der Waals surface area contributed by atoms with Gasteiger partial charge < -0.3 is 23.8 Å². The van der Waals surface area contributed by atoms with E-state index in [1.54, 1.807) is 70.7 Å². The Morgan fingerprint density at radius 1 is 0.867 bits per heavy atom. The highest BCUT2D eigenvalue weighted by atomic mass is 31.2. The molecule has 1 saturated heterocycles. The van der Waals surface area contributed by atoms with Crippen molar-refractivity contribution in [1.82, 2.24) is 19.4 Å². The van der Waals surface area contributed by atoms with Crippen LogP contribution in [0, 0.1) is 0 Å². The number of fused-ring (bicyclic) bond motifs is 1. The summed E-state index contributed by atoms with van der Waals surface area (Å²) in [6.45, 7) is 10.8. The van der Waals surface area contributed by atoms with E-state index in [-0.39, 0.29) is 60.2 Å². The van der Waals surface area contributed by atoms with Gasteiger partial charge in [-0.2, -0.15) is 0 Å². The maximum absolute atomic E-state index is 13.8. The van der Waals surface area contributed by atoms with Gasteiger partial charge >= 0.3 is 7.82 Å². The lowest BCUT2D eigenvalue weighted by Crippen LogP contribution is -2.52. The monoisotopic (exact) mass is 644 g/mol. The van der Waals surface area contributed by atoms with Gasteiger partial charge in [-0.1, -0.05) is 18.2 Å². The number of piperazine rings is 1. The summed E-state index contributed by atoms with van der Waals surface area (Å²) < 4.78 is 43.5. The van der Waals surface area contributed by atoms with E-state index in [2.05, 4.69) is 4.98 Å². The minimum atomic E-state index is -4.15. The third-order valence-electron chi connectivity index (χ3n) is 6.68. The number of phosphoric ester groups is 1. The summed E-state index contributed by atoms with van der Waals surface area (Å²) in [6.07, 6.45) is 2.79. The SMILES string of the molecule is COc1cnc(OC)c2c1c(C(=O)C(=O)N1CCN(C(=O)c3ccccc3)CC1)cn2COP(=O)(OC(C)(C)C)OC(C)(C)C. The Balaban J connectivity index is 1.63. The lowest BCUT2D eigenvalue weighted by Gasteiger charge is -2.34.